The molecule has 5 rings (SSSR count). The Labute approximate surface area is 193 Å². The number of aliphatic imine (C=N–C) groups is 1. The molecule has 1 aliphatic heterocycles. The Kier molecular flexibility index (Phi) is 5.27. The Balaban J connectivity index is 1.68. The van der Waals surface area contributed by atoms with Crippen molar-refractivity contribution in [1.82, 2.24) is 4.98 Å². The zero-order valence-electron chi connectivity index (χ0n) is 17.9. The summed E-state index contributed by atoms with van der Waals surface area (Å²) in [5, 5.41) is 10.6. The first-order valence-corrected chi connectivity index (χ1v) is 10.9. The monoisotopic (exact) mass is 457 g/mol. The van der Waals surface area contributed by atoms with E-state index in [9.17, 15) is 9.90 Å². The number of phenols is 1. The van der Waals surface area contributed by atoms with E-state index in [1.54, 1.807) is 50.6 Å². The van der Waals surface area contributed by atoms with Crippen LogP contribution in [0.4, 0.5) is 5.13 Å². The van der Waals surface area contributed by atoms with Crippen LogP contribution >= 0.6 is 11.3 Å². The number of ether oxygens (including phenoxy) is 2. The summed E-state index contributed by atoms with van der Waals surface area (Å²) in [6, 6.07) is 19.8. The number of benzene rings is 3. The Hall–Kier alpha value is -4.17. The van der Waals surface area contributed by atoms with E-state index in [0.29, 0.717) is 33.5 Å². The van der Waals surface area contributed by atoms with Gasteiger partial charge in [0.05, 0.1) is 14.2 Å². The van der Waals surface area contributed by atoms with Gasteiger partial charge in [-0.2, -0.15) is 0 Å². The summed E-state index contributed by atoms with van der Waals surface area (Å²) in [5.74, 6) is 1.42. The van der Waals surface area contributed by atoms with E-state index >= 15 is 0 Å². The molecule has 0 saturated carbocycles. The number of hydrogen-bond donors (Lipinski definition) is 1. The molecular formula is C25H19N3O4S. The topological polar surface area (TPSA) is 84.2 Å². The minimum atomic E-state index is -0.339. The molecule has 0 unspecified atom stereocenters. The van der Waals surface area contributed by atoms with Gasteiger partial charge in [0.25, 0.3) is 5.91 Å². The molecule has 0 aliphatic carbocycles. The summed E-state index contributed by atoms with van der Waals surface area (Å²) in [6.45, 7) is 0. The Bertz CT molecular complexity index is 1390. The van der Waals surface area contributed by atoms with E-state index in [1.807, 2.05) is 36.4 Å². The average molecular weight is 458 g/mol. The number of aromatic hydroxyl groups is 1. The highest BCUT2D eigenvalue weighted by molar-refractivity contribution is 7.23. The second-order valence-electron chi connectivity index (χ2n) is 7.17. The van der Waals surface area contributed by atoms with Crippen LogP contribution in [0, 0.1) is 0 Å². The molecule has 1 aromatic heterocycles. The first-order valence-electron chi connectivity index (χ1n) is 10.1. The molecule has 2 heterocycles. The van der Waals surface area contributed by atoms with Gasteiger partial charge in [0.15, 0.2) is 5.13 Å². The Morgan fingerprint density at radius 2 is 1.64 bits per heavy atom. The van der Waals surface area contributed by atoms with E-state index < -0.39 is 0 Å². The normalized spacial score (nSPS) is 14.7. The van der Waals surface area contributed by atoms with Crippen LogP contribution in [0.25, 0.3) is 16.3 Å². The number of thiazole rings is 1. The van der Waals surface area contributed by atoms with Gasteiger partial charge in [-0.1, -0.05) is 59.9 Å². The fourth-order valence-electron chi connectivity index (χ4n) is 3.60. The van der Waals surface area contributed by atoms with Gasteiger partial charge in [0.2, 0.25) is 0 Å². The fourth-order valence-corrected chi connectivity index (χ4v) is 4.68. The van der Waals surface area contributed by atoms with Crippen molar-refractivity contribution in [3.05, 3.63) is 83.6 Å². The predicted octanol–water partition coefficient (Wildman–Crippen LogP) is 4.85. The molecule has 1 N–H and O–H groups in total. The molecule has 3 aromatic carbocycles. The van der Waals surface area contributed by atoms with Crippen LogP contribution in [0.15, 0.2) is 77.4 Å². The zero-order valence-corrected chi connectivity index (χ0v) is 18.7. The van der Waals surface area contributed by atoms with Crippen molar-refractivity contribution in [2.24, 2.45) is 4.99 Å². The Morgan fingerprint density at radius 3 is 2.36 bits per heavy atom. The van der Waals surface area contributed by atoms with Gasteiger partial charge in [-0.15, -0.1) is 0 Å². The molecular weight excluding hydrogens is 438 g/mol. The number of nitrogens with zero attached hydrogens (tertiary/aromatic N) is 3. The zero-order chi connectivity index (χ0) is 22.9. The lowest BCUT2D eigenvalue weighted by atomic mass is 10.1. The molecule has 0 spiro atoms. The molecule has 1 amide bonds. The van der Waals surface area contributed by atoms with E-state index in [2.05, 4.69) is 4.99 Å². The SMILES string of the molecule is COc1ccc(OC)c2sc(N3C(=O)C(=Cc4ccccc4O)N=C3c3ccccc3)nc12. The Morgan fingerprint density at radius 1 is 0.939 bits per heavy atom. The summed E-state index contributed by atoms with van der Waals surface area (Å²) in [5.41, 5.74) is 2.08. The molecule has 0 bridgehead atoms. The van der Waals surface area contributed by atoms with Gasteiger partial charge in [0.1, 0.15) is 39.0 Å². The number of rotatable bonds is 5. The number of fused-ring (bicyclic) bond motifs is 1. The van der Waals surface area contributed by atoms with Crippen molar-refractivity contribution in [3.8, 4) is 17.2 Å². The summed E-state index contributed by atoms with van der Waals surface area (Å²) in [4.78, 5) is 24.4. The van der Waals surface area contributed by atoms with Gasteiger partial charge in [-0.05, 0) is 24.3 Å². The van der Waals surface area contributed by atoms with Crippen molar-refractivity contribution in [2.75, 3.05) is 19.1 Å². The van der Waals surface area contributed by atoms with E-state index in [4.69, 9.17) is 14.5 Å². The van der Waals surface area contributed by atoms with Crippen LogP contribution in [-0.2, 0) is 4.79 Å². The van der Waals surface area contributed by atoms with Gasteiger partial charge < -0.3 is 14.6 Å². The lowest BCUT2D eigenvalue weighted by molar-refractivity contribution is -0.113. The van der Waals surface area contributed by atoms with Gasteiger partial charge in [-0.3, -0.25) is 4.79 Å². The first kappa shape index (κ1) is 20.7. The number of hydrogen-bond acceptors (Lipinski definition) is 7. The molecule has 0 radical (unpaired) electrons. The number of para-hydroxylation sites is 1. The molecule has 0 saturated heterocycles. The fraction of sp³-hybridized carbons (Fsp3) is 0.0800. The van der Waals surface area contributed by atoms with Gasteiger partial charge >= 0.3 is 0 Å². The maximum Gasteiger partial charge on any atom is 0.284 e. The van der Waals surface area contributed by atoms with Crippen LogP contribution in [0.5, 0.6) is 17.2 Å². The number of anilines is 1. The molecule has 0 atom stereocenters. The molecule has 0 fully saturated rings. The van der Waals surface area contributed by atoms with E-state index in [0.717, 1.165) is 10.3 Å². The third-order valence-corrected chi connectivity index (χ3v) is 6.27. The lowest BCUT2D eigenvalue weighted by Gasteiger charge is -2.14. The number of aromatic nitrogens is 1. The largest absolute Gasteiger partial charge is 0.507 e. The first-order chi connectivity index (χ1) is 16.1. The van der Waals surface area contributed by atoms with Crippen LogP contribution < -0.4 is 14.4 Å². The van der Waals surface area contributed by atoms with Crippen molar-refractivity contribution in [1.29, 1.82) is 0 Å². The van der Waals surface area contributed by atoms with Crippen molar-refractivity contribution >= 4 is 44.5 Å². The number of methoxy groups -OCH3 is 2. The predicted molar refractivity (Wildman–Crippen MR) is 129 cm³/mol. The van der Waals surface area contributed by atoms with Crippen molar-refractivity contribution in [3.63, 3.8) is 0 Å². The summed E-state index contributed by atoms with van der Waals surface area (Å²) in [7, 11) is 3.16. The maximum atomic E-state index is 13.6. The summed E-state index contributed by atoms with van der Waals surface area (Å²) >= 11 is 1.32. The number of amidine groups is 1. The molecule has 8 heteroatoms. The van der Waals surface area contributed by atoms with E-state index in [1.165, 1.54) is 16.2 Å². The highest BCUT2D eigenvalue weighted by atomic mass is 32.1. The van der Waals surface area contributed by atoms with Crippen LogP contribution in [0.2, 0.25) is 0 Å². The molecule has 7 nitrogen and oxygen atoms in total. The second kappa shape index (κ2) is 8.40. The molecule has 33 heavy (non-hydrogen) atoms. The second-order valence-corrected chi connectivity index (χ2v) is 8.15. The lowest BCUT2D eigenvalue weighted by Crippen LogP contribution is -2.32. The summed E-state index contributed by atoms with van der Waals surface area (Å²) < 4.78 is 11.7. The number of carbonyl (C=O) groups excluding carboxylic acids is 1. The minimum absolute atomic E-state index is 0.0715. The highest BCUT2D eigenvalue weighted by Crippen LogP contribution is 2.42. The average Bonchev–Trinajstić information content (AvgIpc) is 3.42. The quantitative estimate of drug-likeness (QED) is 0.433. The van der Waals surface area contributed by atoms with Crippen LogP contribution in [0.3, 0.4) is 0 Å². The molecule has 164 valence electrons. The van der Waals surface area contributed by atoms with Crippen molar-refractivity contribution in [2.45, 2.75) is 0 Å². The maximum absolute atomic E-state index is 13.6. The van der Waals surface area contributed by atoms with Crippen molar-refractivity contribution < 1.29 is 19.4 Å². The van der Waals surface area contributed by atoms with Crippen LogP contribution in [-0.4, -0.2) is 36.1 Å². The van der Waals surface area contributed by atoms with Gasteiger partial charge in [-0.25, -0.2) is 14.9 Å². The number of phenolic OH excluding ortho intramolecular Hbond substituents is 1. The highest BCUT2D eigenvalue weighted by Gasteiger charge is 2.35. The third-order valence-electron chi connectivity index (χ3n) is 5.21. The summed E-state index contributed by atoms with van der Waals surface area (Å²) in [6.07, 6.45) is 1.58. The van der Waals surface area contributed by atoms with Crippen LogP contribution in [0.1, 0.15) is 11.1 Å². The molecule has 4 aromatic rings. The third kappa shape index (κ3) is 3.60. The molecule has 1 aliphatic rings. The number of carbonyl (C=O) groups is 1. The minimum Gasteiger partial charge on any atom is -0.507 e. The standard InChI is InChI=1S/C25H19N3O4S/c1-31-19-12-13-20(32-2)22-21(19)27-25(33-22)28-23(15-8-4-3-5-9-15)26-17(24(28)30)14-16-10-6-7-11-18(16)29/h3-14,29H,1-2H3. The number of amides is 1. The van der Waals surface area contributed by atoms with Gasteiger partial charge in [0, 0.05) is 11.1 Å². The smallest absolute Gasteiger partial charge is 0.284 e. The van der Waals surface area contributed by atoms with E-state index in [-0.39, 0.29) is 17.4 Å².